The average molecular weight is 361 g/mol. The van der Waals surface area contributed by atoms with Gasteiger partial charge in [0.25, 0.3) is 15.9 Å². The Balaban J connectivity index is 1.77. The van der Waals surface area contributed by atoms with Crippen LogP contribution in [0.15, 0.2) is 71.6 Å². The van der Waals surface area contributed by atoms with Crippen molar-refractivity contribution in [2.45, 2.75) is 4.90 Å². The SMILES string of the molecule is O=C(NNS(=O)(=O)c1ccc2ccccc2c1)c1ccc(Cl)cc1. The molecule has 5 nitrogen and oxygen atoms in total. The standard InChI is InChI=1S/C17H13ClN2O3S/c18-15-8-5-13(6-9-15)17(21)19-20-24(22,23)16-10-7-12-3-1-2-4-14(12)11-16/h1-11,20H,(H,19,21). The summed E-state index contributed by atoms with van der Waals surface area (Å²) in [4.78, 5) is 14.1. The van der Waals surface area contributed by atoms with E-state index in [-0.39, 0.29) is 4.90 Å². The van der Waals surface area contributed by atoms with Crippen molar-refractivity contribution in [3.05, 3.63) is 77.3 Å². The smallest absolute Gasteiger partial charge is 0.266 e. The maximum Gasteiger partial charge on any atom is 0.266 e. The summed E-state index contributed by atoms with van der Waals surface area (Å²) in [6.45, 7) is 0. The molecule has 0 saturated carbocycles. The Morgan fingerprint density at radius 1 is 0.875 bits per heavy atom. The van der Waals surface area contributed by atoms with E-state index < -0.39 is 15.9 Å². The molecule has 0 fully saturated rings. The second kappa shape index (κ2) is 6.60. The molecule has 0 aliphatic rings. The van der Waals surface area contributed by atoms with Crippen LogP contribution in [0, 0.1) is 0 Å². The van der Waals surface area contributed by atoms with Crippen molar-refractivity contribution in [2.24, 2.45) is 0 Å². The van der Waals surface area contributed by atoms with Crippen LogP contribution in [-0.4, -0.2) is 14.3 Å². The summed E-state index contributed by atoms with van der Waals surface area (Å²) >= 11 is 5.75. The van der Waals surface area contributed by atoms with Gasteiger partial charge in [0.15, 0.2) is 0 Å². The normalized spacial score (nSPS) is 11.4. The van der Waals surface area contributed by atoms with Gasteiger partial charge in [-0.25, -0.2) is 8.42 Å². The largest absolute Gasteiger partial charge is 0.273 e. The maximum absolute atomic E-state index is 12.3. The number of carbonyl (C=O) groups is 1. The molecule has 0 heterocycles. The highest BCUT2D eigenvalue weighted by atomic mass is 35.5. The van der Waals surface area contributed by atoms with Crippen LogP contribution in [0.2, 0.25) is 5.02 Å². The van der Waals surface area contributed by atoms with E-state index >= 15 is 0 Å². The Kier molecular flexibility index (Phi) is 4.53. The summed E-state index contributed by atoms with van der Waals surface area (Å²) in [5.41, 5.74) is 2.48. The lowest BCUT2D eigenvalue weighted by molar-refractivity contribution is 0.0945. The van der Waals surface area contributed by atoms with Crippen LogP contribution in [0.4, 0.5) is 0 Å². The van der Waals surface area contributed by atoms with Crippen LogP contribution in [-0.2, 0) is 10.0 Å². The number of amides is 1. The van der Waals surface area contributed by atoms with Crippen LogP contribution in [0.5, 0.6) is 0 Å². The van der Waals surface area contributed by atoms with Gasteiger partial charge in [-0.15, -0.1) is 4.83 Å². The first-order valence-corrected chi connectivity index (χ1v) is 8.88. The zero-order chi connectivity index (χ0) is 17.2. The summed E-state index contributed by atoms with van der Waals surface area (Å²) in [5.74, 6) is -0.573. The molecule has 0 atom stereocenters. The van der Waals surface area contributed by atoms with Gasteiger partial charge in [-0.1, -0.05) is 41.9 Å². The van der Waals surface area contributed by atoms with Crippen molar-refractivity contribution in [3.8, 4) is 0 Å². The maximum atomic E-state index is 12.3. The fraction of sp³-hybridized carbons (Fsp3) is 0. The fourth-order valence-corrected chi connectivity index (χ4v) is 3.18. The monoisotopic (exact) mass is 360 g/mol. The number of halogens is 1. The van der Waals surface area contributed by atoms with Crippen molar-refractivity contribution < 1.29 is 13.2 Å². The number of rotatable bonds is 4. The molecule has 0 saturated heterocycles. The molecular weight excluding hydrogens is 348 g/mol. The minimum atomic E-state index is -3.87. The molecule has 0 aliphatic carbocycles. The van der Waals surface area contributed by atoms with E-state index in [1.54, 1.807) is 24.3 Å². The van der Waals surface area contributed by atoms with E-state index in [1.807, 2.05) is 24.3 Å². The Morgan fingerprint density at radius 3 is 2.25 bits per heavy atom. The topological polar surface area (TPSA) is 75.3 Å². The van der Waals surface area contributed by atoms with Crippen LogP contribution < -0.4 is 10.3 Å². The summed E-state index contributed by atoms with van der Waals surface area (Å²) in [7, 11) is -3.87. The minimum Gasteiger partial charge on any atom is -0.273 e. The zero-order valence-electron chi connectivity index (χ0n) is 12.4. The first-order chi connectivity index (χ1) is 11.5. The molecule has 3 rings (SSSR count). The minimum absolute atomic E-state index is 0.0672. The fourth-order valence-electron chi connectivity index (χ4n) is 2.18. The third-order valence-electron chi connectivity index (χ3n) is 3.44. The summed E-state index contributed by atoms with van der Waals surface area (Å²) in [5, 5.41) is 2.22. The van der Waals surface area contributed by atoms with Crippen LogP contribution >= 0.6 is 11.6 Å². The molecule has 0 radical (unpaired) electrons. The molecular formula is C17H13ClN2O3S. The number of hydrogen-bond donors (Lipinski definition) is 2. The van der Waals surface area contributed by atoms with Crippen LogP contribution in [0.25, 0.3) is 10.8 Å². The molecule has 0 spiro atoms. The van der Waals surface area contributed by atoms with Crippen molar-refractivity contribution in [3.63, 3.8) is 0 Å². The van der Waals surface area contributed by atoms with Crippen LogP contribution in [0.1, 0.15) is 10.4 Å². The Hall–Kier alpha value is -2.41. The van der Waals surface area contributed by atoms with Crippen molar-refractivity contribution >= 4 is 38.3 Å². The van der Waals surface area contributed by atoms with Crippen LogP contribution in [0.3, 0.4) is 0 Å². The number of nitrogens with one attached hydrogen (secondary N) is 2. The number of fused-ring (bicyclic) bond motifs is 1. The van der Waals surface area contributed by atoms with Crippen molar-refractivity contribution in [2.75, 3.05) is 0 Å². The van der Waals surface area contributed by atoms with Gasteiger partial charge >= 0.3 is 0 Å². The van der Waals surface area contributed by atoms with Gasteiger partial charge < -0.3 is 0 Å². The van der Waals surface area contributed by atoms with Gasteiger partial charge in [0.2, 0.25) is 0 Å². The Bertz CT molecular complexity index is 1000. The van der Waals surface area contributed by atoms with Gasteiger partial charge in [0, 0.05) is 10.6 Å². The van der Waals surface area contributed by atoms with Gasteiger partial charge in [-0.3, -0.25) is 10.2 Å². The predicted molar refractivity (Wildman–Crippen MR) is 93.2 cm³/mol. The van der Waals surface area contributed by atoms with Gasteiger partial charge in [0.05, 0.1) is 4.90 Å². The van der Waals surface area contributed by atoms with E-state index in [0.717, 1.165) is 10.8 Å². The molecule has 0 bridgehead atoms. The highest BCUT2D eigenvalue weighted by Crippen LogP contribution is 2.18. The molecule has 1 amide bonds. The molecule has 122 valence electrons. The summed E-state index contributed by atoms with van der Waals surface area (Å²) in [6.07, 6.45) is 0. The zero-order valence-corrected chi connectivity index (χ0v) is 13.9. The molecule has 0 aliphatic heterocycles. The molecule has 3 aromatic carbocycles. The molecule has 24 heavy (non-hydrogen) atoms. The van der Waals surface area contributed by atoms with E-state index in [9.17, 15) is 13.2 Å². The third-order valence-corrected chi connectivity index (χ3v) is 4.93. The summed E-state index contributed by atoms with van der Waals surface area (Å²) < 4.78 is 24.6. The average Bonchev–Trinajstić information content (AvgIpc) is 2.60. The van der Waals surface area contributed by atoms with E-state index in [0.29, 0.717) is 10.6 Å². The number of sulfonamides is 1. The first kappa shape index (κ1) is 16.4. The number of benzene rings is 3. The number of carbonyl (C=O) groups excluding carboxylic acids is 1. The molecule has 0 aromatic heterocycles. The Labute approximate surface area is 144 Å². The van der Waals surface area contributed by atoms with E-state index in [1.165, 1.54) is 18.2 Å². The second-order valence-corrected chi connectivity index (χ2v) is 7.19. The van der Waals surface area contributed by atoms with Gasteiger partial charge in [0.1, 0.15) is 0 Å². The molecule has 0 unspecified atom stereocenters. The molecule has 7 heteroatoms. The van der Waals surface area contributed by atoms with E-state index in [2.05, 4.69) is 10.3 Å². The van der Waals surface area contributed by atoms with Gasteiger partial charge in [-0.05, 0) is 47.2 Å². The number of hydrogen-bond acceptors (Lipinski definition) is 3. The van der Waals surface area contributed by atoms with Gasteiger partial charge in [-0.2, -0.15) is 0 Å². The first-order valence-electron chi connectivity index (χ1n) is 7.02. The van der Waals surface area contributed by atoms with E-state index in [4.69, 9.17) is 11.6 Å². The molecule has 2 N–H and O–H groups in total. The third kappa shape index (κ3) is 3.56. The summed E-state index contributed by atoms with van der Waals surface area (Å²) in [6, 6.07) is 18.3. The lowest BCUT2D eigenvalue weighted by Gasteiger charge is -2.09. The molecule has 3 aromatic rings. The lowest BCUT2D eigenvalue weighted by atomic mass is 10.1. The van der Waals surface area contributed by atoms with Crippen molar-refractivity contribution in [1.82, 2.24) is 10.3 Å². The Morgan fingerprint density at radius 2 is 1.54 bits per heavy atom. The van der Waals surface area contributed by atoms with Crippen molar-refractivity contribution in [1.29, 1.82) is 0 Å². The second-order valence-electron chi connectivity index (χ2n) is 5.08. The highest BCUT2D eigenvalue weighted by Gasteiger charge is 2.16. The highest BCUT2D eigenvalue weighted by molar-refractivity contribution is 7.89. The quantitative estimate of drug-likeness (QED) is 0.702. The predicted octanol–water partition coefficient (Wildman–Crippen LogP) is 3.12. The number of hydrazine groups is 1. The lowest BCUT2D eigenvalue weighted by Crippen LogP contribution is -2.41.